The van der Waals surface area contributed by atoms with Gasteiger partial charge in [-0.25, -0.2) is 9.36 Å². The van der Waals surface area contributed by atoms with Crippen molar-refractivity contribution in [3.63, 3.8) is 0 Å². The average Bonchev–Trinajstić information content (AvgIpc) is 2.59. The summed E-state index contributed by atoms with van der Waals surface area (Å²) in [6.07, 6.45) is -1.24. The predicted octanol–water partition coefficient (Wildman–Crippen LogP) is -2.50. The zero-order valence-electron chi connectivity index (χ0n) is 9.98. The number of aromatic amines is 1. The molecule has 1 aliphatic heterocycles. The Balaban J connectivity index is 2.55. The molecule has 2 rings (SSSR count). The number of thiol groups is 1. The van der Waals surface area contributed by atoms with Crippen molar-refractivity contribution in [2.75, 3.05) is 6.61 Å². The molecule has 19 heavy (non-hydrogen) atoms. The number of aromatic nitrogens is 2. The lowest BCUT2D eigenvalue weighted by Crippen LogP contribution is -2.50. The number of aliphatic hydroxyl groups excluding tert-OH is 2. The van der Waals surface area contributed by atoms with Gasteiger partial charge in [-0.1, -0.05) is 0 Å². The molecule has 0 bridgehead atoms. The van der Waals surface area contributed by atoms with Gasteiger partial charge in [-0.15, -0.1) is 0 Å². The van der Waals surface area contributed by atoms with Crippen molar-refractivity contribution in [2.24, 2.45) is 0 Å². The summed E-state index contributed by atoms with van der Waals surface area (Å²) < 4.78 is 5.84. The van der Waals surface area contributed by atoms with Gasteiger partial charge >= 0.3 is 5.69 Å². The van der Waals surface area contributed by atoms with Gasteiger partial charge in [-0.05, 0) is 6.92 Å². The van der Waals surface area contributed by atoms with Crippen LogP contribution in [0, 0.1) is 6.92 Å². The molecule has 1 saturated heterocycles. The molecule has 1 aliphatic rings. The molecule has 2 heterocycles. The molecule has 0 radical (unpaired) electrons. The van der Waals surface area contributed by atoms with Gasteiger partial charge in [-0.2, -0.15) is 12.6 Å². The smallest absolute Gasteiger partial charge is 0.332 e. The highest BCUT2D eigenvalue weighted by Crippen LogP contribution is 2.35. The Kier molecular flexibility index (Phi) is 3.58. The molecule has 1 aromatic heterocycles. The van der Waals surface area contributed by atoms with E-state index in [1.807, 2.05) is 4.98 Å². The molecule has 4 N–H and O–H groups in total. The Hall–Kier alpha value is -1.13. The van der Waals surface area contributed by atoms with Crippen LogP contribution in [0.1, 0.15) is 5.56 Å². The molecule has 1 aromatic rings. The Morgan fingerprint density at radius 2 is 2.21 bits per heavy atom. The fraction of sp³-hybridized carbons (Fsp3) is 0.600. The van der Waals surface area contributed by atoms with Crippen molar-refractivity contribution in [1.29, 1.82) is 0 Å². The van der Waals surface area contributed by atoms with Crippen molar-refractivity contribution < 1.29 is 20.1 Å². The van der Waals surface area contributed by atoms with E-state index in [9.17, 15) is 19.8 Å². The van der Waals surface area contributed by atoms with Gasteiger partial charge in [0.25, 0.3) is 11.5 Å². The zero-order chi connectivity index (χ0) is 14.4. The van der Waals surface area contributed by atoms with E-state index in [-0.39, 0.29) is 5.56 Å². The lowest BCUT2D eigenvalue weighted by atomic mass is 10.1. The van der Waals surface area contributed by atoms with Gasteiger partial charge in [0, 0.05) is 11.8 Å². The van der Waals surface area contributed by atoms with Crippen LogP contribution in [0.4, 0.5) is 0 Å². The van der Waals surface area contributed by atoms with Crippen LogP contribution in [-0.2, 0) is 10.6 Å². The van der Waals surface area contributed by atoms with Crippen molar-refractivity contribution in [3.05, 3.63) is 32.6 Å². The summed E-state index contributed by atoms with van der Waals surface area (Å²) in [5.41, 5.74) is -1.31. The van der Waals surface area contributed by atoms with E-state index in [4.69, 9.17) is 9.84 Å². The normalized spacial score (nSPS) is 34.7. The quantitative estimate of drug-likeness (QED) is 0.383. The minimum absolute atomic E-state index is 0.180. The highest BCUT2D eigenvalue weighted by molar-refractivity contribution is 7.81. The molecule has 1 fully saturated rings. The third-order valence-electron chi connectivity index (χ3n) is 3.06. The van der Waals surface area contributed by atoms with Crippen LogP contribution in [0.5, 0.6) is 0 Å². The van der Waals surface area contributed by atoms with Gasteiger partial charge < -0.3 is 20.1 Å². The first kappa shape index (κ1) is 14.3. The minimum atomic E-state index is -2.25. The number of nitrogens with zero attached hydrogens (tertiary/aromatic N) is 1. The summed E-state index contributed by atoms with van der Waals surface area (Å²) in [5, 5.41) is 28.0. The maximum atomic E-state index is 11.7. The average molecular weight is 290 g/mol. The molecule has 0 amide bonds. The second kappa shape index (κ2) is 4.76. The van der Waals surface area contributed by atoms with Crippen LogP contribution < -0.4 is 11.2 Å². The minimum Gasteiger partial charge on any atom is -0.394 e. The highest BCUT2D eigenvalue weighted by Gasteiger charge is 2.54. The van der Waals surface area contributed by atoms with E-state index in [0.717, 1.165) is 10.8 Å². The van der Waals surface area contributed by atoms with Gasteiger partial charge in [0.2, 0.25) is 0 Å². The Morgan fingerprint density at radius 3 is 2.74 bits per heavy atom. The summed E-state index contributed by atoms with van der Waals surface area (Å²) >= 11 is 4.01. The highest BCUT2D eigenvalue weighted by atomic mass is 32.1. The van der Waals surface area contributed by atoms with Gasteiger partial charge in [-0.3, -0.25) is 9.78 Å². The van der Waals surface area contributed by atoms with Crippen molar-refractivity contribution in [3.8, 4) is 0 Å². The summed E-state index contributed by atoms with van der Waals surface area (Å²) in [6, 6.07) is 0. The first-order valence-electron chi connectivity index (χ1n) is 5.51. The molecule has 0 spiro atoms. The second-order valence-corrected chi connectivity index (χ2v) is 4.93. The number of nitrogens with one attached hydrogen (secondary N) is 1. The number of ether oxygens (including phenoxy) is 1. The van der Waals surface area contributed by atoms with E-state index < -0.39 is 41.2 Å². The molecular weight excluding hydrogens is 276 g/mol. The number of rotatable bonds is 2. The molecule has 8 nitrogen and oxygen atoms in total. The maximum Gasteiger partial charge on any atom is 0.332 e. The lowest BCUT2D eigenvalue weighted by molar-refractivity contribution is -0.255. The van der Waals surface area contributed by atoms with Crippen molar-refractivity contribution >= 4 is 12.6 Å². The van der Waals surface area contributed by atoms with Gasteiger partial charge in [0.1, 0.15) is 17.5 Å². The topological polar surface area (TPSA) is 125 Å². The number of aliphatic hydroxyl groups is 3. The fourth-order valence-electron chi connectivity index (χ4n) is 1.94. The van der Waals surface area contributed by atoms with Gasteiger partial charge in [0.15, 0.2) is 0 Å². The number of H-pyrrole nitrogens is 1. The SMILES string of the molecule is Cc1cn([C@@]2(O)O[C@H](CO)[C@@H](O)C2S)c(=O)[nH]c1=O. The molecule has 9 heteroatoms. The van der Waals surface area contributed by atoms with E-state index in [1.165, 1.54) is 6.92 Å². The largest absolute Gasteiger partial charge is 0.394 e. The van der Waals surface area contributed by atoms with E-state index >= 15 is 0 Å². The summed E-state index contributed by atoms with van der Waals surface area (Å²) in [6.45, 7) is 0.901. The standard InChI is InChI=1S/C10H14N2O6S/c1-4-2-12(9(16)11-8(4)15)10(17)7(19)6(14)5(3-13)18-10/h2,5-7,13-14,17,19H,3H2,1H3,(H,11,15,16)/t5-,6-,7?,10+/m1/s1. The first-order chi connectivity index (χ1) is 8.81. The fourth-order valence-corrected chi connectivity index (χ4v) is 2.31. The summed E-state index contributed by atoms with van der Waals surface area (Å²) in [5.74, 6) is -2.25. The van der Waals surface area contributed by atoms with E-state index in [2.05, 4.69) is 12.6 Å². The van der Waals surface area contributed by atoms with Crippen LogP contribution in [0.3, 0.4) is 0 Å². The number of hydrogen-bond donors (Lipinski definition) is 5. The molecular formula is C10H14N2O6S. The van der Waals surface area contributed by atoms with Crippen LogP contribution in [0.2, 0.25) is 0 Å². The maximum absolute atomic E-state index is 11.7. The third kappa shape index (κ3) is 2.13. The molecule has 0 aromatic carbocycles. The molecule has 1 unspecified atom stereocenters. The molecule has 4 atom stereocenters. The number of aryl methyl sites for hydroxylation is 1. The summed E-state index contributed by atoms with van der Waals surface area (Å²) in [7, 11) is 0. The Bertz CT molecular complexity index is 598. The van der Waals surface area contributed by atoms with Gasteiger partial charge in [0.05, 0.1) is 6.61 Å². The molecule has 106 valence electrons. The zero-order valence-corrected chi connectivity index (χ0v) is 10.9. The van der Waals surface area contributed by atoms with E-state index in [0.29, 0.717) is 0 Å². The second-order valence-electron chi connectivity index (χ2n) is 4.37. The Morgan fingerprint density at radius 1 is 1.58 bits per heavy atom. The van der Waals surface area contributed by atoms with Crippen molar-refractivity contribution in [1.82, 2.24) is 9.55 Å². The predicted molar refractivity (Wildman–Crippen MR) is 67.0 cm³/mol. The first-order valence-corrected chi connectivity index (χ1v) is 6.03. The summed E-state index contributed by atoms with van der Waals surface area (Å²) in [4.78, 5) is 25.0. The number of hydrogen-bond acceptors (Lipinski definition) is 7. The monoisotopic (exact) mass is 290 g/mol. The lowest BCUT2D eigenvalue weighted by Gasteiger charge is -2.28. The Labute approximate surface area is 112 Å². The van der Waals surface area contributed by atoms with Crippen LogP contribution in [0.25, 0.3) is 0 Å². The van der Waals surface area contributed by atoms with Crippen LogP contribution in [0.15, 0.2) is 15.8 Å². The van der Waals surface area contributed by atoms with E-state index in [1.54, 1.807) is 0 Å². The van der Waals surface area contributed by atoms with Crippen LogP contribution >= 0.6 is 12.6 Å². The van der Waals surface area contributed by atoms with Crippen LogP contribution in [-0.4, -0.2) is 48.9 Å². The van der Waals surface area contributed by atoms with Crippen molar-refractivity contribution in [2.45, 2.75) is 30.3 Å². The third-order valence-corrected chi connectivity index (χ3v) is 3.70. The molecule has 0 aliphatic carbocycles. The molecule has 0 saturated carbocycles.